The number of para-hydroxylation sites is 2. The molecule has 0 atom stereocenters. The van der Waals surface area contributed by atoms with Gasteiger partial charge in [-0.05, 0) is 50.2 Å². The van der Waals surface area contributed by atoms with Crippen molar-refractivity contribution in [1.82, 2.24) is 9.78 Å². The first-order chi connectivity index (χ1) is 16.0. The van der Waals surface area contributed by atoms with Gasteiger partial charge in [0.2, 0.25) is 5.76 Å². The monoisotopic (exact) mass is 445 g/mol. The molecule has 0 aliphatic rings. The standard InChI is InChI=1S/C25H23N3O5/c1-17-24(18(2)28(27-17)19-9-5-3-6-10-19)26-23(29)16-32-25(30)22-14-13-21(33-22)15-31-20-11-7-4-8-12-20/h3-14H,15-16H2,1-2H3,(H,26,29). The number of carbonyl (C=O) groups excluding carboxylic acids is 2. The van der Waals surface area contributed by atoms with Gasteiger partial charge in [-0.3, -0.25) is 4.79 Å². The number of anilines is 1. The maximum atomic E-state index is 12.4. The highest BCUT2D eigenvalue weighted by molar-refractivity contribution is 5.95. The van der Waals surface area contributed by atoms with Crippen molar-refractivity contribution in [3.63, 3.8) is 0 Å². The summed E-state index contributed by atoms with van der Waals surface area (Å²) in [6.07, 6.45) is 0. The lowest BCUT2D eigenvalue weighted by Crippen LogP contribution is -2.21. The van der Waals surface area contributed by atoms with Gasteiger partial charge >= 0.3 is 5.97 Å². The Morgan fingerprint density at radius 2 is 1.67 bits per heavy atom. The summed E-state index contributed by atoms with van der Waals surface area (Å²) in [6, 6.07) is 22.0. The third kappa shape index (κ3) is 5.30. The van der Waals surface area contributed by atoms with E-state index in [-0.39, 0.29) is 12.4 Å². The lowest BCUT2D eigenvalue weighted by atomic mass is 10.3. The van der Waals surface area contributed by atoms with Crippen LogP contribution < -0.4 is 10.1 Å². The van der Waals surface area contributed by atoms with Crippen LogP contribution in [0.1, 0.15) is 27.7 Å². The van der Waals surface area contributed by atoms with Crippen molar-refractivity contribution in [3.8, 4) is 11.4 Å². The number of aryl methyl sites for hydroxylation is 1. The summed E-state index contributed by atoms with van der Waals surface area (Å²) >= 11 is 0. The quantitative estimate of drug-likeness (QED) is 0.403. The first-order valence-electron chi connectivity index (χ1n) is 10.4. The van der Waals surface area contributed by atoms with Crippen LogP contribution in [0.2, 0.25) is 0 Å². The van der Waals surface area contributed by atoms with Crippen LogP contribution in [0.3, 0.4) is 0 Å². The molecule has 0 aliphatic carbocycles. The summed E-state index contributed by atoms with van der Waals surface area (Å²) in [6.45, 7) is 3.37. The molecule has 0 unspecified atom stereocenters. The summed E-state index contributed by atoms with van der Waals surface area (Å²) in [5.41, 5.74) is 2.89. The second-order valence-electron chi connectivity index (χ2n) is 7.29. The molecule has 1 N–H and O–H groups in total. The number of carbonyl (C=O) groups is 2. The van der Waals surface area contributed by atoms with Gasteiger partial charge in [0.15, 0.2) is 6.61 Å². The largest absolute Gasteiger partial charge is 0.486 e. The minimum absolute atomic E-state index is 0.00119. The van der Waals surface area contributed by atoms with Gasteiger partial charge in [-0.15, -0.1) is 0 Å². The molecule has 2 aromatic carbocycles. The van der Waals surface area contributed by atoms with E-state index in [1.54, 1.807) is 17.7 Å². The number of rotatable bonds is 8. The minimum atomic E-state index is -0.732. The minimum Gasteiger partial charge on any atom is -0.486 e. The Hall–Kier alpha value is -4.33. The fourth-order valence-corrected chi connectivity index (χ4v) is 3.26. The van der Waals surface area contributed by atoms with E-state index in [4.69, 9.17) is 13.9 Å². The number of hydrogen-bond acceptors (Lipinski definition) is 6. The van der Waals surface area contributed by atoms with E-state index in [2.05, 4.69) is 10.4 Å². The van der Waals surface area contributed by atoms with Gasteiger partial charge in [0, 0.05) is 0 Å². The van der Waals surface area contributed by atoms with Gasteiger partial charge in [-0.1, -0.05) is 36.4 Å². The third-order valence-electron chi connectivity index (χ3n) is 4.88. The van der Waals surface area contributed by atoms with E-state index >= 15 is 0 Å². The van der Waals surface area contributed by atoms with Crippen LogP contribution in [0.5, 0.6) is 5.75 Å². The molecule has 0 saturated heterocycles. The number of esters is 1. The Bertz CT molecular complexity index is 1250. The van der Waals surface area contributed by atoms with Gasteiger partial charge < -0.3 is 19.2 Å². The van der Waals surface area contributed by atoms with E-state index in [1.807, 2.05) is 67.6 Å². The van der Waals surface area contributed by atoms with Crippen LogP contribution in [0, 0.1) is 13.8 Å². The van der Waals surface area contributed by atoms with E-state index in [9.17, 15) is 9.59 Å². The molecule has 4 aromatic rings. The van der Waals surface area contributed by atoms with Crippen molar-refractivity contribution in [3.05, 3.63) is 95.7 Å². The molecule has 33 heavy (non-hydrogen) atoms. The maximum Gasteiger partial charge on any atom is 0.374 e. The first kappa shape index (κ1) is 21.9. The molecule has 0 aliphatic heterocycles. The van der Waals surface area contributed by atoms with Gasteiger partial charge in [0.05, 0.1) is 22.8 Å². The highest BCUT2D eigenvalue weighted by Crippen LogP contribution is 2.22. The molecule has 8 nitrogen and oxygen atoms in total. The normalized spacial score (nSPS) is 10.6. The molecule has 0 saturated carbocycles. The molecule has 4 rings (SSSR count). The summed E-state index contributed by atoms with van der Waals surface area (Å²) in [7, 11) is 0. The van der Waals surface area contributed by atoms with Crippen molar-refractivity contribution in [1.29, 1.82) is 0 Å². The molecule has 168 valence electrons. The second-order valence-corrected chi connectivity index (χ2v) is 7.29. The number of nitrogens with zero attached hydrogens (tertiary/aromatic N) is 2. The highest BCUT2D eigenvalue weighted by atomic mass is 16.6. The summed E-state index contributed by atoms with van der Waals surface area (Å²) in [5, 5.41) is 7.25. The predicted molar refractivity (Wildman–Crippen MR) is 121 cm³/mol. The molecule has 2 heterocycles. The lowest BCUT2D eigenvalue weighted by Gasteiger charge is -2.07. The number of ether oxygens (including phenoxy) is 2. The Morgan fingerprint density at radius 3 is 2.39 bits per heavy atom. The molecule has 0 bridgehead atoms. The first-order valence-corrected chi connectivity index (χ1v) is 10.4. The van der Waals surface area contributed by atoms with Crippen molar-refractivity contribution in [2.24, 2.45) is 0 Å². The van der Waals surface area contributed by atoms with Crippen molar-refractivity contribution in [2.45, 2.75) is 20.5 Å². The number of nitrogens with one attached hydrogen (secondary N) is 1. The summed E-state index contributed by atoms with van der Waals surface area (Å²) < 4.78 is 17.9. The average molecular weight is 445 g/mol. The van der Waals surface area contributed by atoms with Crippen LogP contribution >= 0.6 is 0 Å². The Morgan fingerprint density at radius 1 is 0.970 bits per heavy atom. The maximum absolute atomic E-state index is 12.4. The van der Waals surface area contributed by atoms with E-state index in [0.717, 1.165) is 11.4 Å². The van der Waals surface area contributed by atoms with Gasteiger partial charge in [-0.25, -0.2) is 9.48 Å². The van der Waals surface area contributed by atoms with Crippen LogP contribution in [-0.4, -0.2) is 28.3 Å². The fourth-order valence-electron chi connectivity index (χ4n) is 3.26. The van der Waals surface area contributed by atoms with E-state index < -0.39 is 18.5 Å². The average Bonchev–Trinajstić information content (AvgIpc) is 3.43. The summed E-state index contributed by atoms with van der Waals surface area (Å²) in [4.78, 5) is 24.6. The van der Waals surface area contributed by atoms with Crippen molar-refractivity contribution in [2.75, 3.05) is 11.9 Å². The zero-order chi connectivity index (χ0) is 23.2. The van der Waals surface area contributed by atoms with Gasteiger partial charge in [0.25, 0.3) is 5.91 Å². The Balaban J connectivity index is 1.31. The van der Waals surface area contributed by atoms with Gasteiger partial charge in [0.1, 0.15) is 18.1 Å². The summed E-state index contributed by atoms with van der Waals surface area (Å²) in [5.74, 6) is -0.0460. The Labute approximate surface area is 190 Å². The molecule has 2 aromatic heterocycles. The number of benzene rings is 2. The van der Waals surface area contributed by atoms with Crippen molar-refractivity contribution >= 4 is 17.6 Å². The second kappa shape index (κ2) is 9.86. The van der Waals surface area contributed by atoms with E-state index in [1.165, 1.54) is 6.07 Å². The lowest BCUT2D eigenvalue weighted by molar-refractivity contribution is -0.119. The van der Waals surface area contributed by atoms with E-state index in [0.29, 0.717) is 22.9 Å². The zero-order valence-electron chi connectivity index (χ0n) is 18.3. The van der Waals surface area contributed by atoms with Crippen LogP contribution in [0.25, 0.3) is 5.69 Å². The fraction of sp³-hybridized carbons (Fsp3) is 0.160. The number of aromatic nitrogens is 2. The topological polar surface area (TPSA) is 95.6 Å². The molecule has 1 amide bonds. The van der Waals surface area contributed by atoms with Gasteiger partial charge in [-0.2, -0.15) is 5.10 Å². The molecule has 8 heteroatoms. The predicted octanol–water partition coefficient (Wildman–Crippen LogP) is 4.46. The molecule has 0 radical (unpaired) electrons. The van der Waals surface area contributed by atoms with Crippen molar-refractivity contribution < 1.29 is 23.5 Å². The smallest absolute Gasteiger partial charge is 0.374 e. The molecular formula is C25H23N3O5. The zero-order valence-corrected chi connectivity index (χ0v) is 18.3. The van der Waals surface area contributed by atoms with Crippen LogP contribution in [0.4, 0.5) is 5.69 Å². The third-order valence-corrected chi connectivity index (χ3v) is 4.88. The van der Waals surface area contributed by atoms with Crippen LogP contribution in [0.15, 0.2) is 77.2 Å². The Kier molecular flexibility index (Phi) is 6.54. The van der Waals surface area contributed by atoms with Crippen LogP contribution in [-0.2, 0) is 16.1 Å². The molecular weight excluding hydrogens is 422 g/mol. The SMILES string of the molecule is Cc1nn(-c2ccccc2)c(C)c1NC(=O)COC(=O)c1ccc(COc2ccccc2)o1. The number of amides is 1. The molecule has 0 spiro atoms. The number of furan rings is 1. The molecule has 0 fully saturated rings. The highest BCUT2D eigenvalue weighted by Gasteiger charge is 2.18. The number of hydrogen-bond donors (Lipinski definition) is 1.